The van der Waals surface area contributed by atoms with E-state index in [1.165, 1.54) is 28.8 Å². The zero-order chi connectivity index (χ0) is 67.2. The predicted octanol–water partition coefficient (Wildman–Crippen LogP) is 22.4. The van der Waals surface area contributed by atoms with Gasteiger partial charge in [0, 0.05) is 63.5 Å². The summed E-state index contributed by atoms with van der Waals surface area (Å²) < 4.78 is 92.0. The monoisotopic (exact) mass is 1120 g/mol. The average molecular weight is 1120 g/mol. The molecule has 0 amide bonds. The number of para-hydroxylation sites is 3. The van der Waals surface area contributed by atoms with Crippen molar-refractivity contribution in [2.75, 3.05) is 4.90 Å². The van der Waals surface area contributed by atoms with Gasteiger partial charge in [-0.25, -0.2) is 4.98 Å². The first-order valence-corrected chi connectivity index (χ1v) is 29.7. The molecule has 85 heavy (non-hydrogen) atoms. The minimum Gasteiger partial charge on any atom is -0.457 e. The van der Waals surface area contributed by atoms with E-state index < -0.39 is 31.4 Å². The van der Waals surface area contributed by atoms with Crippen LogP contribution in [0.2, 0.25) is 0 Å². The number of ether oxygens (including phenoxy) is 1. The molecule has 0 saturated carbocycles. The first-order chi connectivity index (χ1) is 44.0. The van der Waals surface area contributed by atoms with Gasteiger partial charge in [-0.1, -0.05) is 231 Å². The maximum atomic E-state index is 8.94. The van der Waals surface area contributed by atoms with Crippen LogP contribution in [0.1, 0.15) is 144 Å². The maximum absolute atomic E-state index is 8.94. The minimum absolute atomic E-state index is 0.0920. The molecule has 0 saturated heterocycles. The molecule has 0 spiro atoms. The second-order valence-electron chi connectivity index (χ2n) is 27.6. The van der Waals surface area contributed by atoms with E-state index in [-0.39, 0.29) is 28.5 Å². The van der Waals surface area contributed by atoms with Crippen LogP contribution < -0.4 is 9.64 Å². The Morgan fingerprint density at radius 2 is 0.929 bits per heavy atom. The molecule has 0 atom stereocenters. The summed E-state index contributed by atoms with van der Waals surface area (Å²) in [6.07, 6.45) is 1.89. The predicted molar refractivity (Wildman–Crippen MR) is 364 cm³/mol. The van der Waals surface area contributed by atoms with Crippen molar-refractivity contribution in [2.45, 2.75) is 137 Å². The van der Waals surface area contributed by atoms with Crippen LogP contribution in [0.25, 0.3) is 93.2 Å². The maximum Gasteiger partial charge on any atom is 0.137 e. The van der Waals surface area contributed by atoms with Gasteiger partial charge in [-0.15, -0.1) is 0 Å². The Labute approximate surface area is 515 Å². The van der Waals surface area contributed by atoms with Crippen LogP contribution in [0.15, 0.2) is 200 Å². The van der Waals surface area contributed by atoms with E-state index >= 15 is 0 Å². The molecule has 0 unspecified atom stereocenters. The summed E-state index contributed by atoms with van der Waals surface area (Å²) in [6.45, 7) is 15.9. The molecule has 0 radical (unpaired) electrons. The van der Waals surface area contributed by atoms with Gasteiger partial charge in [-0.2, -0.15) is 0 Å². The summed E-state index contributed by atoms with van der Waals surface area (Å²) in [5, 5.41) is 7.98. The first kappa shape index (κ1) is 45.7. The van der Waals surface area contributed by atoms with Crippen molar-refractivity contribution in [3.63, 3.8) is 0 Å². The molecule has 0 N–H and O–H groups in total. The summed E-state index contributed by atoms with van der Waals surface area (Å²) in [5.74, 6) is 2.09. The second kappa shape index (κ2) is 20.0. The van der Waals surface area contributed by atoms with Gasteiger partial charge in [-0.3, -0.25) is 4.57 Å². The average Bonchev–Trinajstić information content (AvgIpc) is 0.946. The number of hydrogen-bond donors (Lipinski definition) is 0. The third kappa shape index (κ3) is 9.99. The Hall–Kier alpha value is -8.67. The molecule has 0 bridgehead atoms. The number of benzene rings is 9. The van der Waals surface area contributed by atoms with E-state index in [1.54, 1.807) is 0 Å². The molecule has 9 aromatic carbocycles. The third-order valence-electron chi connectivity index (χ3n) is 17.4. The van der Waals surface area contributed by atoms with Gasteiger partial charge < -0.3 is 14.2 Å². The molecule has 1 aliphatic rings. The summed E-state index contributed by atoms with van der Waals surface area (Å²) in [6, 6.07) is 66.8. The lowest BCUT2D eigenvalue weighted by molar-refractivity contribution is 0.483. The van der Waals surface area contributed by atoms with E-state index in [1.807, 2.05) is 69.4 Å². The Bertz CT molecular complexity index is 5040. The van der Waals surface area contributed by atoms with Crippen molar-refractivity contribution in [2.24, 2.45) is 0 Å². The van der Waals surface area contributed by atoms with Crippen LogP contribution in [-0.4, -0.2) is 14.1 Å². The summed E-state index contributed by atoms with van der Waals surface area (Å²) in [4.78, 5) is 7.22. The Balaban J connectivity index is 1.09. The lowest BCUT2D eigenvalue weighted by Crippen LogP contribution is -2.17. The highest BCUT2D eigenvalue weighted by Gasteiger charge is 2.29. The van der Waals surface area contributed by atoms with Crippen molar-refractivity contribution < 1.29 is 17.1 Å². The molecule has 1 aliphatic heterocycles. The second-order valence-corrected chi connectivity index (χ2v) is 27.6. The largest absolute Gasteiger partial charge is 0.457 e. The third-order valence-corrected chi connectivity index (χ3v) is 17.4. The topological polar surface area (TPSA) is 35.2 Å². The van der Waals surface area contributed by atoms with E-state index in [0.29, 0.717) is 28.2 Å². The van der Waals surface area contributed by atoms with Crippen LogP contribution in [0.4, 0.5) is 11.4 Å². The lowest BCUT2D eigenvalue weighted by atomic mass is 9.78. The number of anilines is 2. The fraction of sp³-hybridized carbons (Fsp3) is 0.263. The van der Waals surface area contributed by atoms with Crippen LogP contribution in [-0.2, 0) is 33.7 Å². The fourth-order valence-electron chi connectivity index (χ4n) is 12.6. The van der Waals surface area contributed by atoms with Crippen molar-refractivity contribution in [3.05, 3.63) is 228 Å². The highest BCUT2D eigenvalue weighted by molar-refractivity contribution is 6.22. The smallest absolute Gasteiger partial charge is 0.137 e. The Morgan fingerprint density at radius 3 is 1.60 bits per heavy atom. The molecule has 3 aromatic heterocycles. The number of pyridine rings is 1. The Morgan fingerprint density at radius 1 is 0.388 bits per heavy atom. The van der Waals surface area contributed by atoms with Crippen LogP contribution in [0, 0.1) is 0 Å². The fourth-order valence-corrected chi connectivity index (χ4v) is 12.6. The molecular weight excluding hydrogens is 1030 g/mol. The summed E-state index contributed by atoms with van der Waals surface area (Å²) >= 11 is 0. The van der Waals surface area contributed by atoms with Crippen molar-refractivity contribution in [1.29, 1.82) is 0 Å². The van der Waals surface area contributed by atoms with Gasteiger partial charge >= 0.3 is 0 Å². The summed E-state index contributed by atoms with van der Waals surface area (Å²) in [5.41, 5.74) is 8.42. The molecule has 5 heteroatoms. The normalized spacial score (nSPS) is 15.3. The SMILES string of the molecule is [2H]C([2H])([2H])C(c1cc(-c2cccc3c4ccccc4c4ccc(-c5cc(C(C)(C)C)cc(C(C)(C)C)c5)cc4c4cccc5c4n(c23)CN5c2cccc(Oc3ccc4c5ccccc5n(-c5cc(C(C)(C)C)ccn5)c4c3)c2)cc(C(C)(C)C)c1)(C([2H])([2H])[2H])C([2H])([2H])[2H]. The van der Waals surface area contributed by atoms with Crippen LogP contribution in [0.5, 0.6) is 11.5 Å². The molecule has 5 nitrogen and oxygen atoms in total. The molecular formula is C80H80N4O. The highest BCUT2D eigenvalue weighted by atomic mass is 16.5. The number of hydrogen-bond acceptors (Lipinski definition) is 3. The van der Waals surface area contributed by atoms with Gasteiger partial charge in [-0.05, 0) is 148 Å². The van der Waals surface area contributed by atoms with E-state index in [4.69, 9.17) is 22.1 Å². The van der Waals surface area contributed by atoms with Crippen LogP contribution >= 0.6 is 0 Å². The van der Waals surface area contributed by atoms with Crippen molar-refractivity contribution in [3.8, 4) is 39.6 Å². The van der Waals surface area contributed by atoms with E-state index in [0.717, 1.165) is 93.5 Å². The molecule has 426 valence electrons. The van der Waals surface area contributed by atoms with Gasteiger partial charge in [0.25, 0.3) is 0 Å². The van der Waals surface area contributed by atoms with Gasteiger partial charge in [0.1, 0.15) is 24.0 Å². The van der Waals surface area contributed by atoms with E-state index in [9.17, 15) is 0 Å². The van der Waals surface area contributed by atoms with E-state index in [2.05, 4.69) is 216 Å². The molecule has 13 rings (SSSR count). The number of fused-ring (bicyclic) bond motifs is 10. The van der Waals surface area contributed by atoms with Crippen molar-refractivity contribution >= 4 is 76.5 Å². The quantitative estimate of drug-likeness (QED) is 0.166. The number of aromatic nitrogens is 3. The molecule has 12 aromatic rings. The molecule has 0 fully saturated rings. The van der Waals surface area contributed by atoms with Crippen LogP contribution in [0.3, 0.4) is 0 Å². The first-order valence-electron chi connectivity index (χ1n) is 34.2. The zero-order valence-electron chi connectivity index (χ0n) is 60.0. The summed E-state index contributed by atoms with van der Waals surface area (Å²) in [7, 11) is 0. The molecule has 4 heterocycles. The van der Waals surface area contributed by atoms with Gasteiger partial charge in [0.05, 0.1) is 27.8 Å². The van der Waals surface area contributed by atoms with Gasteiger partial charge in [0.15, 0.2) is 0 Å². The Kier molecular flexibility index (Phi) is 10.7. The molecule has 0 aliphatic carbocycles. The standard InChI is InChI=1S/C80H80N4O/c1-76(2,3)53-37-38-81-73(46-53)84-70-31-19-18-27-65(70)66-36-34-60(48-72(66)84)85-59-24-20-23-58(47-59)82-49-83-74-61(52-41-56(79(10,11)12)45-57(42-52)80(13,14)15)28-21-29-67(74)63-26-17-16-25-62(63)64-35-33-50(43-69(64)68-30-22-32-71(82)75(68)83)51-39-54(77(4,5)6)44-55(40-51)78(7,8)9/h16-48H,49H2,1-15H3/i10D3,11D3,12D3. The minimum atomic E-state index is -3.49. The van der Waals surface area contributed by atoms with Gasteiger partial charge in [0.2, 0.25) is 0 Å². The number of rotatable bonds is 6. The lowest BCUT2D eigenvalue weighted by Gasteiger charge is -2.27. The van der Waals surface area contributed by atoms with Crippen molar-refractivity contribution in [1.82, 2.24) is 14.1 Å². The highest BCUT2D eigenvalue weighted by Crippen LogP contribution is 2.47. The number of nitrogens with zero attached hydrogens (tertiary/aromatic N) is 4. The zero-order valence-corrected chi connectivity index (χ0v) is 51.0.